The van der Waals surface area contributed by atoms with E-state index in [4.69, 9.17) is 0 Å². The van der Waals surface area contributed by atoms with Gasteiger partial charge < -0.3 is 20.0 Å². The second-order valence-corrected chi connectivity index (χ2v) is 7.52. The van der Waals surface area contributed by atoms with E-state index in [9.17, 15) is 4.79 Å². The van der Waals surface area contributed by atoms with Crippen molar-refractivity contribution in [2.24, 2.45) is 5.92 Å². The molecule has 6 heteroatoms. The Balaban J connectivity index is 1.49. The minimum atomic E-state index is 0.0474. The minimum absolute atomic E-state index is 0.0474. The Morgan fingerprint density at radius 1 is 1.20 bits per heavy atom. The van der Waals surface area contributed by atoms with Crippen LogP contribution in [0.25, 0.3) is 0 Å². The monoisotopic (exact) mass is 345 g/mol. The van der Waals surface area contributed by atoms with Gasteiger partial charge in [-0.05, 0) is 50.4 Å². The number of hydrogen-bond acceptors (Lipinski definition) is 4. The molecule has 1 atom stereocenters. The summed E-state index contributed by atoms with van der Waals surface area (Å²) >= 11 is 0. The molecule has 0 aliphatic carbocycles. The van der Waals surface area contributed by atoms with E-state index in [0.29, 0.717) is 12.5 Å². The van der Waals surface area contributed by atoms with Crippen molar-refractivity contribution in [2.45, 2.75) is 32.7 Å². The van der Waals surface area contributed by atoms with Gasteiger partial charge in [0.05, 0.1) is 0 Å². The SMILES string of the molecule is C[C@H]1CCCN(C(=O)NCc2ccc(N3CCCN(C)CC3)nc2)C1. The third-order valence-corrected chi connectivity index (χ3v) is 5.24. The zero-order valence-electron chi connectivity index (χ0n) is 15.6. The number of urea groups is 1. The molecule has 0 aromatic carbocycles. The first-order valence-corrected chi connectivity index (χ1v) is 9.53. The third kappa shape index (κ3) is 5.08. The normalized spacial score (nSPS) is 22.6. The highest BCUT2D eigenvalue weighted by molar-refractivity contribution is 5.74. The molecule has 0 unspecified atom stereocenters. The smallest absolute Gasteiger partial charge is 0.317 e. The van der Waals surface area contributed by atoms with E-state index in [2.05, 4.69) is 46.2 Å². The number of nitrogens with zero attached hydrogens (tertiary/aromatic N) is 4. The van der Waals surface area contributed by atoms with E-state index in [1.54, 1.807) is 0 Å². The molecule has 2 saturated heterocycles. The van der Waals surface area contributed by atoms with Crippen LogP contribution in [0.3, 0.4) is 0 Å². The van der Waals surface area contributed by atoms with Crippen molar-refractivity contribution in [3.05, 3.63) is 23.9 Å². The number of amides is 2. The van der Waals surface area contributed by atoms with E-state index in [0.717, 1.165) is 57.1 Å². The van der Waals surface area contributed by atoms with E-state index < -0.39 is 0 Å². The van der Waals surface area contributed by atoms with Crippen molar-refractivity contribution in [2.75, 3.05) is 51.2 Å². The summed E-state index contributed by atoms with van der Waals surface area (Å²) in [6.45, 7) is 8.79. The van der Waals surface area contributed by atoms with Gasteiger partial charge in [-0.3, -0.25) is 0 Å². The van der Waals surface area contributed by atoms with E-state index >= 15 is 0 Å². The first kappa shape index (κ1) is 18.0. The second-order valence-electron chi connectivity index (χ2n) is 7.52. The van der Waals surface area contributed by atoms with Crippen molar-refractivity contribution in [3.63, 3.8) is 0 Å². The van der Waals surface area contributed by atoms with Gasteiger partial charge in [-0.1, -0.05) is 13.0 Å². The van der Waals surface area contributed by atoms with Crippen molar-refractivity contribution in [1.29, 1.82) is 0 Å². The maximum Gasteiger partial charge on any atom is 0.317 e. The number of likely N-dealkylation sites (N-methyl/N-ethyl adjacent to an activating group) is 1. The Morgan fingerprint density at radius 3 is 2.84 bits per heavy atom. The van der Waals surface area contributed by atoms with Gasteiger partial charge in [0.25, 0.3) is 0 Å². The predicted octanol–water partition coefficient (Wildman–Crippen LogP) is 2.17. The first-order valence-electron chi connectivity index (χ1n) is 9.53. The van der Waals surface area contributed by atoms with Gasteiger partial charge in [0.2, 0.25) is 0 Å². The van der Waals surface area contributed by atoms with Gasteiger partial charge in [0.15, 0.2) is 0 Å². The number of pyridine rings is 1. The molecule has 25 heavy (non-hydrogen) atoms. The molecule has 0 bridgehead atoms. The van der Waals surface area contributed by atoms with Gasteiger partial charge >= 0.3 is 6.03 Å². The fraction of sp³-hybridized carbons (Fsp3) is 0.684. The minimum Gasteiger partial charge on any atom is -0.355 e. The number of nitrogens with one attached hydrogen (secondary N) is 1. The zero-order chi connectivity index (χ0) is 17.6. The van der Waals surface area contributed by atoms with Crippen LogP contribution in [0.4, 0.5) is 10.6 Å². The van der Waals surface area contributed by atoms with Crippen LogP contribution in [0.5, 0.6) is 0 Å². The van der Waals surface area contributed by atoms with Gasteiger partial charge in [0, 0.05) is 45.5 Å². The van der Waals surface area contributed by atoms with Crippen LogP contribution in [0.1, 0.15) is 31.7 Å². The lowest BCUT2D eigenvalue weighted by atomic mass is 10.0. The summed E-state index contributed by atoms with van der Waals surface area (Å²) in [4.78, 5) is 23.5. The predicted molar refractivity (Wildman–Crippen MR) is 101 cm³/mol. The Hall–Kier alpha value is -1.82. The topological polar surface area (TPSA) is 51.7 Å². The molecule has 3 rings (SSSR count). The molecule has 0 saturated carbocycles. The van der Waals surface area contributed by atoms with Crippen LogP contribution >= 0.6 is 0 Å². The van der Waals surface area contributed by atoms with Crippen LogP contribution in [0.2, 0.25) is 0 Å². The van der Waals surface area contributed by atoms with Crippen molar-refractivity contribution >= 4 is 11.8 Å². The number of aromatic nitrogens is 1. The van der Waals surface area contributed by atoms with Crippen LogP contribution < -0.4 is 10.2 Å². The molecular weight excluding hydrogens is 314 g/mol. The largest absolute Gasteiger partial charge is 0.355 e. The highest BCUT2D eigenvalue weighted by Crippen LogP contribution is 2.16. The lowest BCUT2D eigenvalue weighted by Crippen LogP contribution is -2.44. The highest BCUT2D eigenvalue weighted by atomic mass is 16.2. The lowest BCUT2D eigenvalue weighted by Gasteiger charge is -2.31. The summed E-state index contributed by atoms with van der Waals surface area (Å²) in [6.07, 6.45) is 5.39. The summed E-state index contributed by atoms with van der Waals surface area (Å²) in [5.41, 5.74) is 1.05. The molecule has 0 spiro atoms. The molecule has 2 aliphatic rings. The van der Waals surface area contributed by atoms with Crippen molar-refractivity contribution in [1.82, 2.24) is 20.1 Å². The van der Waals surface area contributed by atoms with Gasteiger partial charge in [-0.25, -0.2) is 9.78 Å². The summed E-state index contributed by atoms with van der Waals surface area (Å²) in [6, 6.07) is 4.21. The summed E-state index contributed by atoms with van der Waals surface area (Å²) in [5.74, 6) is 1.64. The fourth-order valence-electron chi connectivity index (χ4n) is 3.65. The molecule has 6 nitrogen and oxygen atoms in total. The van der Waals surface area contributed by atoms with E-state index in [1.807, 2.05) is 11.1 Å². The van der Waals surface area contributed by atoms with Crippen LogP contribution in [0, 0.1) is 5.92 Å². The van der Waals surface area contributed by atoms with E-state index in [-0.39, 0.29) is 6.03 Å². The van der Waals surface area contributed by atoms with Crippen molar-refractivity contribution < 1.29 is 4.79 Å². The Labute approximate surface area is 151 Å². The standard InChI is InChI=1S/C19H31N5O/c1-16-5-3-9-24(15-16)19(25)21-14-17-6-7-18(20-13-17)23-10-4-8-22(2)11-12-23/h6-7,13,16H,3-5,8-12,14-15H2,1-2H3,(H,21,25)/t16-/m0/s1. The summed E-state index contributed by atoms with van der Waals surface area (Å²) in [5, 5.41) is 3.03. The van der Waals surface area contributed by atoms with Gasteiger partial charge in [-0.15, -0.1) is 0 Å². The van der Waals surface area contributed by atoms with Crippen LogP contribution in [0.15, 0.2) is 18.3 Å². The molecular formula is C19H31N5O. The number of rotatable bonds is 3. The van der Waals surface area contributed by atoms with Crippen LogP contribution in [-0.2, 0) is 6.54 Å². The van der Waals surface area contributed by atoms with Gasteiger partial charge in [-0.2, -0.15) is 0 Å². The number of likely N-dealkylation sites (tertiary alicyclic amines) is 1. The Bertz CT molecular complexity index is 561. The number of carbonyl (C=O) groups is 1. The Morgan fingerprint density at radius 2 is 2.08 bits per heavy atom. The second kappa shape index (κ2) is 8.52. The first-order chi connectivity index (χ1) is 12.1. The highest BCUT2D eigenvalue weighted by Gasteiger charge is 2.20. The zero-order valence-corrected chi connectivity index (χ0v) is 15.6. The van der Waals surface area contributed by atoms with E-state index in [1.165, 1.54) is 12.8 Å². The lowest BCUT2D eigenvalue weighted by molar-refractivity contribution is 0.169. The number of anilines is 1. The molecule has 3 heterocycles. The number of piperidine rings is 1. The summed E-state index contributed by atoms with van der Waals surface area (Å²) in [7, 11) is 2.17. The molecule has 1 aromatic rings. The fourth-order valence-corrected chi connectivity index (χ4v) is 3.65. The molecule has 2 aliphatic heterocycles. The maximum atomic E-state index is 12.3. The molecule has 2 fully saturated rings. The maximum absolute atomic E-state index is 12.3. The molecule has 1 aromatic heterocycles. The molecule has 138 valence electrons. The van der Waals surface area contributed by atoms with Crippen molar-refractivity contribution in [3.8, 4) is 0 Å². The third-order valence-electron chi connectivity index (χ3n) is 5.24. The average molecular weight is 345 g/mol. The Kier molecular flexibility index (Phi) is 6.13. The molecule has 0 radical (unpaired) electrons. The number of hydrogen-bond donors (Lipinski definition) is 1. The molecule has 1 N–H and O–H groups in total. The average Bonchev–Trinajstić information content (AvgIpc) is 2.85. The van der Waals surface area contributed by atoms with Crippen LogP contribution in [-0.4, -0.2) is 67.1 Å². The van der Waals surface area contributed by atoms with Gasteiger partial charge in [0.1, 0.15) is 5.82 Å². The number of carbonyl (C=O) groups excluding carboxylic acids is 1. The molecule has 2 amide bonds. The summed E-state index contributed by atoms with van der Waals surface area (Å²) < 4.78 is 0. The quantitative estimate of drug-likeness (QED) is 0.912.